The molecule has 1 aliphatic heterocycles. The van der Waals surface area contributed by atoms with E-state index >= 15 is 0 Å². The SMILES string of the molecule is CCSc1n[n+]2c(c(=O)[nH]1)-c1ccccc1N(C(C)=O)[C@H]2c1cn(C(C)=O)nc1-c1ccccc1. The lowest BCUT2D eigenvalue weighted by Gasteiger charge is -2.31. The van der Waals surface area contributed by atoms with E-state index in [1.165, 1.54) is 30.3 Å². The number of rotatable bonds is 4. The number of nitrogens with zero attached hydrogens (tertiary/aromatic N) is 5. The highest BCUT2D eigenvalue weighted by Crippen LogP contribution is 2.39. The van der Waals surface area contributed by atoms with Crippen molar-refractivity contribution in [3.05, 3.63) is 76.7 Å². The van der Waals surface area contributed by atoms with Crippen molar-refractivity contribution < 1.29 is 14.3 Å². The summed E-state index contributed by atoms with van der Waals surface area (Å²) < 4.78 is 2.83. The van der Waals surface area contributed by atoms with Crippen LogP contribution in [0.4, 0.5) is 5.69 Å². The topological polar surface area (TPSA) is 105 Å². The fraction of sp³-hybridized carbons (Fsp3) is 0.200. The van der Waals surface area contributed by atoms with Gasteiger partial charge in [0.2, 0.25) is 17.0 Å². The summed E-state index contributed by atoms with van der Waals surface area (Å²) in [6, 6.07) is 16.7. The molecule has 2 aromatic heterocycles. The molecule has 9 nitrogen and oxygen atoms in total. The highest BCUT2D eigenvalue weighted by atomic mass is 32.2. The molecule has 176 valence electrons. The Morgan fingerprint density at radius 2 is 1.77 bits per heavy atom. The molecular weight excluding hydrogens is 464 g/mol. The number of nitrogens with one attached hydrogen (secondary N) is 1. The number of benzene rings is 2. The van der Waals surface area contributed by atoms with Crippen molar-refractivity contribution in [1.82, 2.24) is 19.9 Å². The molecule has 1 aliphatic rings. The van der Waals surface area contributed by atoms with Crippen molar-refractivity contribution in [2.24, 2.45) is 0 Å². The predicted molar refractivity (Wildman–Crippen MR) is 132 cm³/mol. The maximum absolute atomic E-state index is 13.3. The normalized spacial score (nSPS) is 14.4. The number of anilines is 1. The van der Waals surface area contributed by atoms with Gasteiger partial charge in [0.05, 0.1) is 16.8 Å². The molecule has 35 heavy (non-hydrogen) atoms. The highest BCUT2D eigenvalue weighted by Gasteiger charge is 2.46. The molecule has 3 heterocycles. The molecular formula is C25H23N6O3S+. The summed E-state index contributed by atoms with van der Waals surface area (Å²) in [4.78, 5) is 43.3. The Morgan fingerprint density at radius 3 is 2.46 bits per heavy atom. The predicted octanol–water partition coefficient (Wildman–Crippen LogP) is 3.27. The molecule has 2 aromatic carbocycles. The Hall–Kier alpha value is -4.05. The third-order valence-electron chi connectivity index (χ3n) is 5.77. The minimum atomic E-state index is -0.834. The second kappa shape index (κ2) is 8.95. The maximum atomic E-state index is 13.3. The summed E-state index contributed by atoms with van der Waals surface area (Å²) in [6.45, 7) is 4.86. The van der Waals surface area contributed by atoms with E-state index in [-0.39, 0.29) is 17.4 Å². The van der Waals surface area contributed by atoms with E-state index < -0.39 is 6.17 Å². The van der Waals surface area contributed by atoms with E-state index in [9.17, 15) is 14.4 Å². The molecule has 1 N–H and O–H groups in total. The number of aromatic amines is 1. The lowest BCUT2D eigenvalue weighted by atomic mass is 10.00. The van der Waals surface area contributed by atoms with Gasteiger partial charge in [-0.05, 0) is 22.6 Å². The summed E-state index contributed by atoms with van der Waals surface area (Å²) in [5.41, 5.74) is 3.09. The maximum Gasteiger partial charge on any atom is 0.325 e. The molecule has 0 fully saturated rings. The first-order valence-electron chi connectivity index (χ1n) is 11.1. The van der Waals surface area contributed by atoms with Gasteiger partial charge in [-0.2, -0.15) is 5.10 Å². The van der Waals surface area contributed by atoms with E-state index in [4.69, 9.17) is 5.10 Å². The van der Waals surface area contributed by atoms with Gasteiger partial charge in [0.15, 0.2) is 0 Å². The lowest BCUT2D eigenvalue weighted by molar-refractivity contribution is -0.763. The van der Waals surface area contributed by atoms with Gasteiger partial charge in [-0.1, -0.05) is 61.2 Å². The molecule has 0 saturated carbocycles. The van der Waals surface area contributed by atoms with Crippen molar-refractivity contribution in [1.29, 1.82) is 0 Å². The average Bonchev–Trinajstić information content (AvgIpc) is 3.29. The summed E-state index contributed by atoms with van der Waals surface area (Å²) in [7, 11) is 0. The van der Waals surface area contributed by atoms with Crippen LogP contribution in [-0.4, -0.2) is 37.4 Å². The van der Waals surface area contributed by atoms with E-state index in [1.807, 2.05) is 49.4 Å². The fourth-order valence-electron chi connectivity index (χ4n) is 4.35. The zero-order chi connectivity index (χ0) is 24.7. The van der Waals surface area contributed by atoms with Crippen LogP contribution in [0.25, 0.3) is 22.5 Å². The van der Waals surface area contributed by atoms with Crippen LogP contribution in [0.1, 0.15) is 37.3 Å². The summed E-state index contributed by atoms with van der Waals surface area (Å²) >= 11 is 1.40. The minimum Gasteiger partial charge on any atom is -0.291 e. The molecule has 5 rings (SSSR count). The molecule has 4 aromatic rings. The quantitative estimate of drug-likeness (QED) is 0.350. The number of hydrogen-bond donors (Lipinski definition) is 1. The van der Waals surface area contributed by atoms with Gasteiger partial charge in [0, 0.05) is 30.7 Å². The summed E-state index contributed by atoms with van der Waals surface area (Å²) in [5, 5.41) is 9.75. The van der Waals surface area contributed by atoms with Crippen LogP contribution in [0, 0.1) is 0 Å². The Kier molecular flexibility index (Phi) is 5.81. The van der Waals surface area contributed by atoms with Crippen LogP contribution in [-0.2, 0) is 4.79 Å². The van der Waals surface area contributed by atoms with Crippen LogP contribution in [0.15, 0.2) is 70.7 Å². The van der Waals surface area contributed by atoms with Crippen molar-refractivity contribution in [3.63, 3.8) is 0 Å². The average molecular weight is 488 g/mol. The third-order valence-corrected chi connectivity index (χ3v) is 6.51. The number of carbonyl (C=O) groups excluding carboxylic acids is 2. The number of fused-ring (bicyclic) bond motifs is 3. The van der Waals surface area contributed by atoms with Gasteiger partial charge < -0.3 is 0 Å². The first-order chi connectivity index (χ1) is 16.9. The lowest BCUT2D eigenvalue weighted by Crippen LogP contribution is -2.60. The van der Waals surface area contributed by atoms with Crippen LogP contribution < -0.4 is 15.1 Å². The minimum absolute atomic E-state index is 0.234. The van der Waals surface area contributed by atoms with Crippen molar-refractivity contribution in [2.45, 2.75) is 32.1 Å². The van der Waals surface area contributed by atoms with Gasteiger partial charge in [0.25, 0.3) is 6.17 Å². The Labute approximate surface area is 205 Å². The van der Waals surface area contributed by atoms with E-state index in [2.05, 4.69) is 10.1 Å². The molecule has 1 amide bonds. The van der Waals surface area contributed by atoms with E-state index in [0.29, 0.717) is 39.1 Å². The Balaban J connectivity index is 1.87. The standard InChI is InChI=1S/C25H22N6O3S/c1-4-35-25-26-23(34)22-18-12-8-9-13-20(18)30(16(3)33)24(31(22)28-25)19-14-29(15(2)32)27-21(19)17-10-6-5-7-11-17/h5-14,24H,4H2,1-3H3/p+1/t24-/m1/s1. The number of carbonyl (C=O) groups is 2. The smallest absolute Gasteiger partial charge is 0.291 e. The number of thioether (sulfide) groups is 1. The van der Waals surface area contributed by atoms with Crippen LogP contribution in [0.3, 0.4) is 0 Å². The number of hydrogen-bond acceptors (Lipinski definition) is 6. The first-order valence-corrected chi connectivity index (χ1v) is 12.1. The molecule has 0 unspecified atom stereocenters. The molecule has 0 bridgehead atoms. The van der Waals surface area contributed by atoms with Crippen LogP contribution >= 0.6 is 11.8 Å². The molecule has 0 radical (unpaired) electrons. The van der Waals surface area contributed by atoms with Crippen molar-refractivity contribution in [2.75, 3.05) is 10.7 Å². The van der Waals surface area contributed by atoms with Crippen LogP contribution in [0.5, 0.6) is 0 Å². The molecule has 0 spiro atoms. The zero-order valence-corrected chi connectivity index (χ0v) is 20.2. The Bertz CT molecular complexity index is 1510. The van der Waals surface area contributed by atoms with Gasteiger partial charge >= 0.3 is 11.3 Å². The largest absolute Gasteiger partial charge is 0.325 e. The zero-order valence-electron chi connectivity index (χ0n) is 19.4. The molecule has 0 aliphatic carbocycles. The fourth-order valence-corrected chi connectivity index (χ4v) is 4.94. The highest BCUT2D eigenvalue weighted by molar-refractivity contribution is 7.99. The first kappa shape index (κ1) is 22.7. The Morgan fingerprint density at radius 1 is 1.06 bits per heavy atom. The van der Waals surface area contributed by atoms with Crippen LogP contribution in [0.2, 0.25) is 0 Å². The van der Waals surface area contributed by atoms with Gasteiger partial charge in [-0.3, -0.25) is 19.4 Å². The van der Waals surface area contributed by atoms with E-state index in [0.717, 1.165) is 5.56 Å². The number of para-hydroxylation sites is 1. The number of amides is 1. The molecule has 0 saturated heterocycles. The third kappa shape index (κ3) is 3.85. The number of H-pyrrole nitrogens is 1. The number of aromatic nitrogens is 5. The second-order valence-electron chi connectivity index (χ2n) is 8.03. The van der Waals surface area contributed by atoms with Crippen molar-refractivity contribution >= 4 is 29.3 Å². The van der Waals surface area contributed by atoms with Gasteiger partial charge in [-0.25, -0.2) is 9.58 Å². The van der Waals surface area contributed by atoms with Gasteiger partial charge in [-0.15, -0.1) is 0 Å². The van der Waals surface area contributed by atoms with Crippen molar-refractivity contribution in [3.8, 4) is 22.5 Å². The second-order valence-corrected chi connectivity index (χ2v) is 9.28. The molecule has 1 atom stereocenters. The monoisotopic (exact) mass is 487 g/mol. The summed E-state index contributed by atoms with van der Waals surface area (Å²) in [6.07, 6.45) is 0.782. The molecule has 10 heteroatoms. The summed E-state index contributed by atoms with van der Waals surface area (Å²) in [5.74, 6) is 0.199. The van der Waals surface area contributed by atoms with E-state index in [1.54, 1.807) is 27.9 Å². The van der Waals surface area contributed by atoms with Gasteiger partial charge in [0.1, 0.15) is 5.69 Å².